The quantitative estimate of drug-likeness (QED) is 0.427. The number of benzene rings is 2. The standard InChI is InChI=1S/C21H13ClN4O/c22-16-11-9-15(10-12-16)20-24-21(27-25-20)19-18(14-6-2-1-3-7-14)23-17-8-4-5-13-26(17)19/h1-13H. The molecule has 0 aliphatic heterocycles. The molecule has 27 heavy (non-hydrogen) atoms. The van der Waals surface area contributed by atoms with Crippen molar-refractivity contribution in [1.29, 1.82) is 0 Å². The minimum absolute atomic E-state index is 0.414. The fourth-order valence-electron chi connectivity index (χ4n) is 3.03. The molecule has 3 heterocycles. The van der Waals surface area contributed by atoms with Crippen LogP contribution < -0.4 is 0 Å². The summed E-state index contributed by atoms with van der Waals surface area (Å²) in [6, 6.07) is 23.2. The molecular weight excluding hydrogens is 360 g/mol. The van der Waals surface area contributed by atoms with E-state index in [1.165, 1.54) is 0 Å². The summed E-state index contributed by atoms with van der Waals surface area (Å²) < 4.78 is 7.57. The predicted molar refractivity (Wildman–Crippen MR) is 104 cm³/mol. The Morgan fingerprint density at radius 3 is 2.37 bits per heavy atom. The molecule has 0 amide bonds. The van der Waals surface area contributed by atoms with Crippen LogP contribution in [-0.4, -0.2) is 19.5 Å². The fraction of sp³-hybridized carbons (Fsp3) is 0. The lowest BCUT2D eigenvalue weighted by Gasteiger charge is -2.00. The Bertz CT molecular complexity index is 1230. The number of hydrogen-bond donors (Lipinski definition) is 0. The zero-order valence-corrected chi connectivity index (χ0v) is 14.8. The number of halogens is 1. The maximum atomic E-state index is 5.96. The Hall–Kier alpha value is -3.44. The molecule has 130 valence electrons. The molecule has 0 radical (unpaired) electrons. The van der Waals surface area contributed by atoms with Gasteiger partial charge >= 0.3 is 0 Å². The Labute approximate surface area is 159 Å². The van der Waals surface area contributed by atoms with Gasteiger partial charge in [-0.15, -0.1) is 0 Å². The normalized spacial score (nSPS) is 11.1. The molecule has 2 aromatic carbocycles. The van der Waals surface area contributed by atoms with E-state index in [1.807, 2.05) is 71.3 Å². The molecule has 0 saturated carbocycles. The van der Waals surface area contributed by atoms with Crippen LogP contribution in [0.4, 0.5) is 0 Å². The SMILES string of the molecule is Clc1ccc(-c2noc(-c3c(-c4ccccc4)nc4ccccn34)n2)cc1. The smallest absolute Gasteiger partial charge is 0.277 e. The molecule has 5 nitrogen and oxygen atoms in total. The largest absolute Gasteiger partial charge is 0.332 e. The number of pyridine rings is 1. The van der Waals surface area contributed by atoms with Crippen molar-refractivity contribution >= 4 is 17.2 Å². The van der Waals surface area contributed by atoms with Gasteiger partial charge in [-0.2, -0.15) is 4.98 Å². The molecule has 0 atom stereocenters. The number of nitrogens with zero attached hydrogens (tertiary/aromatic N) is 4. The summed E-state index contributed by atoms with van der Waals surface area (Å²) in [7, 11) is 0. The van der Waals surface area contributed by atoms with Gasteiger partial charge in [-0.05, 0) is 36.4 Å². The summed E-state index contributed by atoms with van der Waals surface area (Å²) in [5.74, 6) is 0.920. The van der Waals surface area contributed by atoms with Crippen molar-refractivity contribution in [3.63, 3.8) is 0 Å². The summed E-state index contributed by atoms with van der Waals surface area (Å²) in [5, 5.41) is 4.81. The van der Waals surface area contributed by atoms with Crippen LogP contribution >= 0.6 is 11.6 Å². The summed E-state index contributed by atoms with van der Waals surface area (Å²) in [4.78, 5) is 9.38. The van der Waals surface area contributed by atoms with Crippen molar-refractivity contribution in [3.8, 4) is 34.2 Å². The third-order valence-corrected chi connectivity index (χ3v) is 4.56. The lowest BCUT2D eigenvalue weighted by molar-refractivity contribution is 0.431. The summed E-state index contributed by atoms with van der Waals surface area (Å²) in [6.45, 7) is 0. The third-order valence-electron chi connectivity index (χ3n) is 4.31. The molecule has 0 aliphatic carbocycles. The van der Waals surface area contributed by atoms with Gasteiger partial charge in [-0.25, -0.2) is 4.98 Å². The van der Waals surface area contributed by atoms with Crippen molar-refractivity contribution in [2.24, 2.45) is 0 Å². The molecule has 5 rings (SSSR count). The zero-order valence-electron chi connectivity index (χ0n) is 14.1. The van der Waals surface area contributed by atoms with Crippen LogP contribution in [0.15, 0.2) is 83.5 Å². The molecule has 0 bridgehead atoms. The number of imidazole rings is 1. The summed E-state index contributed by atoms with van der Waals surface area (Å²) in [6.07, 6.45) is 1.94. The van der Waals surface area contributed by atoms with Gasteiger partial charge < -0.3 is 4.52 Å². The van der Waals surface area contributed by atoms with Gasteiger partial charge in [0.05, 0.1) is 0 Å². The van der Waals surface area contributed by atoms with Crippen LogP contribution in [0, 0.1) is 0 Å². The minimum Gasteiger partial charge on any atom is -0.332 e. The average Bonchev–Trinajstić information content (AvgIpc) is 3.34. The summed E-state index contributed by atoms with van der Waals surface area (Å²) >= 11 is 5.96. The van der Waals surface area contributed by atoms with E-state index in [4.69, 9.17) is 21.1 Å². The van der Waals surface area contributed by atoms with E-state index in [2.05, 4.69) is 10.1 Å². The molecule has 5 aromatic rings. The molecule has 6 heteroatoms. The molecule has 0 N–H and O–H groups in total. The molecule has 3 aromatic heterocycles. The Kier molecular flexibility index (Phi) is 3.73. The van der Waals surface area contributed by atoms with Crippen LogP contribution in [0.1, 0.15) is 0 Å². The highest BCUT2D eigenvalue weighted by Gasteiger charge is 2.21. The van der Waals surface area contributed by atoms with Crippen LogP contribution in [0.5, 0.6) is 0 Å². The third kappa shape index (κ3) is 2.78. The minimum atomic E-state index is 0.414. The molecular formula is C21H13ClN4O. The molecule has 0 fully saturated rings. The highest BCUT2D eigenvalue weighted by atomic mass is 35.5. The van der Waals surface area contributed by atoms with E-state index in [0.717, 1.165) is 28.2 Å². The van der Waals surface area contributed by atoms with E-state index in [-0.39, 0.29) is 0 Å². The van der Waals surface area contributed by atoms with Gasteiger partial charge in [0, 0.05) is 22.3 Å². The molecule has 0 saturated heterocycles. The van der Waals surface area contributed by atoms with Gasteiger partial charge in [0.25, 0.3) is 5.89 Å². The zero-order chi connectivity index (χ0) is 18.2. The first kappa shape index (κ1) is 15.8. The van der Waals surface area contributed by atoms with E-state index in [9.17, 15) is 0 Å². The Morgan fingerprint density at radius 1 is 0.778 bits per heavy atom. The Morgan fingerprint density at radius 2 is 1.56 bits per heavy atom. The van der Waals surface area contributed by atoms with Gasteiger partial charge in [0.1, 0.15) is 17.0 Å². The maximum absolute atomic E-state index is 5.96. The molecule has 0 spiro atoms. The molecule has 0 unspecified atom stereocenters. The van der Waals surface area contributed by atoms with Crippen LogP contribution in [0.3, 0.4) is 0 Å². The first-order valence-electron chi connectivity index (χ1n) is 8.42. The highest BCUT2D eigenvalue weighted by Crippen LogP contribution is 2.32. The second kappa shape index (κ2) is 6.37. The van der Waals surface area contributed by atoms with E-state index in [1.54, 1.807) is 12.1 Å². The lowest BCUT2D eigenvalue weighted by Crippen LogP contribution is -1.89. The van der Waals surface area contributed by atoms with Crippen LogP contribution in [0.25, 0.3) is 39.9 Å². The predicted octanol–water partition coefficient (Wildman–Crippen LogP) is 5.37. The Balaban J connectivity index is 1.70. The van der Waals surface area contributed by atoms with Gasteiger partial charge in [-0.1, -0.05) is 53.2 Å². The van der Waals surface area contributed by atoms with Crippen molar-refractivity contribution in [2.45, 2.75) is 0 Å². The van der Waals surface area contributed by atoms with Gasteiger partial charge in [0.15, 0.2) is 0 Å². The van der Waals surface area contributed by atoms with Crippen LogP contribution in [-0.2, 0) is 0 Å². The van der Waals surface area contributed by atoms with E-state index in [0.29, 0.717) is 16.7 Å². The number of aromatic nitrogens is 4. The highest BCUT2D eigenvalue weighted by molar-refractivity contribution is 6.30. The van der Waals surface area contributed by atoms with Crippen molar-refractivity contribution < 1.29 is 4.52 Å². The van der Waals surface area contributed by atoms with E-state index >= 15 is 0 Å². The van der Waals surface area contributed by atoms with Crippen molar-refractivity contribution in [1.82, 2.24) is 19.5 Å². The first-order chi connectivity index (χ1) is 13.3. The van der Waals surface area contributed by atoms with Gasteiger partial charge in [0.2, 0.25) is 5.82 Å². The number of hydrogen-bond acceptors (Lipinski definition) is 4. The average molecular weight is 373 g/mol. The summed E-state index contributed by atoms with van der Waals surface area (Å²) in [5.41, 5.74) is 4.21. The van der Waals surface area contributed by atoms with E-state index < -0.39 is 0 Å². The number of fused-ring (bicyclic) bond motifs is 1. The molecule has 0 aliphatic rings. The maximum Gasteiger partial charge on any atom is 0.277 e. The van der Waals surface area contributed by atoms with Crippen molar-refractivity contribution in [3.05, 3.63) is 84.0 Å². The topological polar surface area (TPSA) is 56.2 Å². The van der Waals surface area contributed by atoms with Crippen LogP contribution in [0.2, 0.25) is 5.02 Å². The fourth-order valence-corrected chi connectivity index (χ4v) is 3.16. The van der Waals surface area contributed by atoms with Gasteiger partial charge in [-0.3, -0.25) is 4.40 Å². The monoisotopic (exact) mass is 372 g/mol. The number of rotatable bonds is 3. The second-order valence-corrected chi connectivity index (χ2v) is 6.47. The van der Waals surface area contributed by atoms with Crippen molar-refractivity contribution in [2.75, 3.05) is 0 Å². The lowest BCUT2D eigenvalue weighted by atomic mass is 10.1. The second-order valence-electron chi connectivity index (χ2n) is 6.03. The first-order valence-corrected chi connectivity index (χ1v) is 8.80.